The zero-order valence-electron chi connectivity index (χ0n) is 14.5. The molecule has 0 rings (SSSR count). The summed E-state index contributed by atoms with van der Waals surface area (Å²) >= 11 is 0. The lowest BCUT2D eigenvalue weighted by molar-refractivity contribution is -0.391. The fraction of sp³-hybridized carbons (Fsp3) is 0.615. The summed E-state index contributed by atoms with van der Waals surface area (Å²) in [4.78, 5) is 11.6. The molecule has 0 saturated heterocycles. The lowest BCUT2D eigenvalue weighted by Crippen LogP contribution is -2.58. The molecule has 0 aromatic carbocycles. The Morgan fingerprint density at radius 1 is 1.13 bits per heavy atom. The van der Waals surface area contributed by atoms with Gasteiger partial charge < -0.3 is 14.6 Å². The summed E-state index contributed by atoms with van der Waals surface area (Å²) in [7, 11) is -6.59. The van der Waals surface area contributed by atoms with E-state index in [1.54, 1.807) is 0 Å². The molecule has 2 atom stereocenters. The summed E-state index contributed by atoms with van der Waals surface area (Å²) in [6.07, 6.45) is -12.6. The van der Waals surface area contributed by atoms with Gasteiger partial charge in [0.1, 0.15) is 5.83 Å². The third kappa shape index (κ3) is 6.10. The van der Waals surface area contributed by atoms with Gasteiger partial charge in [-0.25, -0.2) is 9.18 Å². The Hall–Kier alpha value is -1.82. The minimum atomic E-state index is -6.59. The molecule has 0 heterocycles. The van der Waals surface area contributed by atoms with Crippen molar-refractivity contribution in [3.05, 3.63) is 25.2 Å². The Kier molecular flexibility index (Phi) is 8.97. The van der Waals surface area contributed by atoms with Crippen LogP contribution in [-0.2, 0) is 29.1 Å². The molecule has 30 heavy (non-hydrogen) atoms. The first kappa shape index (κ1) is 28.2. The van der Waals surface area contributed by atoms with Gasteiger partial charge in [0, 0.05) is 6.42 Å². The molecule has 0 aromatic heterocycles. The van der Waals surface area contributed by atoms with E-state index >= 15 is 0 Å². The van der Waals surface area contributed by atoms with Crippen molar-refractivity contribution in [1.29, 1.82) is 0 Å². The van der Waals surface area contributed by atoms with Gasteiger partial charge in [0.15, 0.2) is 0 Å². The van der Waals surface area contributed by atoms with Crippen LogP contribution in [0.4, 0.5) is 35.1 Å². The van der Waals surface area contributed by atoms with Crippen LogP contribution in [0.3, 0.4) is 0 Å². The predicted octanol–water partition coefficient (Wildman–Crippen LogP) is 2.66. The number of alkyl halides is 7. The molecule has 0 saturated carbocycles. The minimum Gasteiger partial charge on any atom is -0.431 e. The molecule has 0 aliphatic heterocycles. The molecule has 0 radical (unpaired) electrons. The van der Waals surface area contributed by atoms with Crippen molar-refractivity contribution in [2.75, 3.05) is 6.61 Å². The highest BCUT2D eigenvalue weighted by atomic mass is 32.2. The average Bonchev–Trinajstić information content (AvgIpc) is 2.55. The van der Waals surface area contributed by atoms with E-state index in [0.717, 1.165) is 0 Å². The average molecular weight is 482 g/mol. The van der Waals surface area contributed by atoms with E-state index in [1.165, 1.54) is 0 Å². The fourth-order valence-electron chi connectivity index (χ4n) is 1.62. The molecule has 0 aliphatic carbocycles. The van der Waals surface area contributed by atoms with Gasteiger partial charge >= 0.3 is 39.2 Å². The number of hydrogen-bond acceptors (Lipinski definition) is 7. The number of carbonyl (C=O) groups excluding carboxylic acids is 1. The van der Waals surface area contributed by atoms with Gasteiger partial charge in [-0.15, -0.1) is 0 Å². The zero-order chi connectivity index (χ0) is 24.2. The Labute approximate surface area is 163 Å². The summed E-state index contributed by atoms with van der Waals surface area (Å²) in [6, 6.07) is 0. The third-order valence-electron chi connectivity index (χ3n) is 3.07. The summed E-state index contributed by atoms with van der Waals surface area (Å²) in [5, 5.41) is 3.10. The van der Waals surface area contributed by atoms with Gasteiger partial charge in [0.25, 0.3) is 0 Å². The molecular weight excluding hydrogens is 468 g/mol. The molecule has 0 fully saturated rings. The summed E-state index contributed by atoms with van der Waals surface area (Å²) in [5.74, 6) is -14.6. The number of esters is 1. The van der Waals surface area contributed by atoms with Crippen molar-refractivity contribution in [2.45, 2.75) is 42.3 Å². The Bertz CT molecular complexity index is 751. The van der Waals surface area contributed by atoms with E-state index in [-0.39, 0.29) is 6.26 Å². The first-order valence-corrected chi connectivity index (χ1v) is 8.66. The Morgan fingerprint density at radius 2 is 1.63 bits per heavy atom. The van der Waals surface area contributed by atoms with Crippen molar-refractivity contribution in [3.63, 3.8) is 0 Å². The van der Waals surface area contributed by atoms with Gasteiger partial charge in [-0.3, -0.25) is 9.29 Å². The highest BCUT2D eigenvalue weighted by molar-refractivity contribution is 7.87. The Morgan fingerprint density at radius 3 is 2.00 bits per heavy atom. The van der Waals surface area contributed by atoms with Crippen molar-refractivity contribution in [1.82, 2.24) is 0 Å². The number of ether oxygens (including phenoxy) is 3. The second-order valence-electron chi connectivity index (χ2n) is 5.25. The molecule has 2 unspecified atom stereocenters. The first-order valence-electron chi connectivity index (χ1n) is 7.22. The molecule has 0 amide bonds. The van der Waals surface area contributed by atoms with E-state index < -0.39 is 70.8 Å². The van der Waals surface area contributed by atoms with Crippen LogP contribution >= 0.6 is 0 Å². The van der Waals surface area contributed by atoms with Crippen LogP contribution in [0.1, 0.15) is 12.8 Å². The normalized spacial score (nSPS) is 16.5. The zero-order valence-corrected chi connectivity index (χ0v) is 15.3. The largest absolute Gasteiger partial charge is 0.455 e. The SMILES string of the molecule is C=COC(=O)C(OCCCC(F)(F)C(F)(F)S(=O)(=O)O)(OC(O)C(=C)F)C(F)(F)F. The molecule has 0 bridgehead atoms. The maximum Gasteiger partial charge on any atom is 0.455 e. The summed E-state index contributed by atoms with van der Waals surface area (Å²) < 4.78 is 146. The third-order valence-corrected chi connectivity index (χ3v) is 4.01. The van der Waals surface area contributed by atoms with Gasteiger partial charge in [0.2, 0.25) is 6.29 Å². The molecule has 0 aliphatic rings. The monoisotopic (exact) mass is 482 g/mol. The quantitative estimate of drug-likeness (QED) is 0.109. The number of aliphatic hydroxyl groups excluding tert-OH is 1. The fourth-order valence-corrected chi connectivity index (χ4v) is 2.10. The number of rotatable bonds is 12. The van der Waals surface area contributed by atoms with Gasteiger partial charge in [-0.05, 0) is 6.42 Å². The van der Waals surface area contributed by atoms with E-state index in [9.17, 15) is 48.3 Å². The molecular formula is C13H14F8O8S. The van der Waals surface area contributed by atoms with Crippen LogP contribution in [0.25, 0.3) is 0 Å². The van der Waals surface area contributed by atoms with Crippen molar-refractivity contribution >= 4 is 16.1 Å². The van der Waals surface area contributed by atoms with Crippen LogP contribution in [0.2, 0.25) is 0 Å². The van der Waals surface area contributed by atoms with E-state index in [0.29, 0.717) is 0 Å². The maximum absolute atomic E-state index is 13.4. The van der Waals surface area contributed by atoms with E-state index in [4.69, 9.17) is 9.66 Å². The van der Waals surface area contributed by atoms with Crippen LogP contribution in [-0.4, -0.2) is 60.1 Å². The van der Waals surface area contributed by atoms with Gasteiger partial charge in [0.05, 0.1) is 12.9 Å². The first-order chi connectivity index (χ1) is 13.3. The predicted molar refractivity (Wildman–Crippen MR) is 79.0 cm³/mol. The molecule has 0 aromatic rings. The molecule has 8 nitrogen and oxygen atoms in total. The number of carbonyl (C=O) groups is 1. The second-order valence-corrected chi connectivity index (χ2v) is 6.71. The van der Waals surface area contributed by atoms with Crippen LogP contribution in [0.15, 0.2) is 25.2 Å². The molecule has 17 heteroatoms. The van der Waals surface area contributed by atoms with Crippen molar-refractivity contribution < 1.29 is 72.2 Å². The van der Waals surface area contributed by atoms with Crippen molar-refractivity contribution in [3.8, 4) is 0 Å². The van der Waals surface area contributed by atoms with Crippen molar-refractivity contribution in [2.24, 2.45) is 0 Å². The number of aliphatic hydroxyl groups is 1. The summed E-state index contributed by atoms with van der Waals surface area (Å²) in [6.45, 7) is 3.50. The Balaban J connectivity index is 5.66. The minimum absolute atomic E-state index is 0.132. The number of hydrogen-bond donors (Lipinski definition) is 2. The molecule has 2 N–H and O–H groups in total. The smallest absolute Gasteiger partial charge is 0.431 e. The highest BCUT2D eigenvalue weighted by Gasteiger charge is 2.67. The lowest BCUT2D eigenvalue weighted by Gasteiger charge is -2.33. The second kappa shape index (κ2) is 9.54. The molecule has 176 valence electrons. The van der Waals surface area contributed by atoms with Gasteiger partial charge in [-0.1, -0.05) is 13.2 Å². The lowest BCUT2D eigenvalue weighted by atomic mass is 10.2. The van der Waals surface area contributed by atoms with Gasteiger partial charge in [-0.2, -0.15) is 39.2 Å². The maximum atomic E-state index is 13.4. The molecule has 0 spiro atoms. The summed E-state index contributed by atoms with van der Waals surface area (Å²) in [5.41, 5.74) is 0. The van der Waals surface area contributed by atoms with E-state index in [1.807, 2.05) is 0 Å². The van der Waals surface area contributed by atoms with E-state index in [2.05, 4.69) is 27.4 Å². The van der Waals surface area contributed by atoms with Crippen LogP contribution < -0.4 is 0 Å². The number of halogens is 8. The van der Waals surface area contributed by atoms with Crippen LogP contribution in [0.5, 0.6) is 0 Å². The standard InChI is InChI=1S/C13H14F8O8S/c1-3-27-9(23)11(12(17,18)19,29-8(22)7(2)14)28-6-4-5-10(15,16)13(20,21)30(24,25)26/h3,8,22H,1-2,4-6H2,(H,24,25,26). The van der Waals surface area contributed by atoms with Crippen LogP contribution in [0, 0.1) is 0 Å². The topological polar surface area (TPSA) is 119 Å². The highest BCUT2D eigenvalue weighted by Crippen LogP contribution is 2.42.